The second-order valence-electron chi connectivity index (χ2n) is 4.38. The standard InChI is InChI=1S/C18H22N2/c1-5-7-13-20-18-10-8-9-14(3)16(18)12-11-15(4)17(19)6-2/h5-13,20H,1,4,19H2,2-3H3/b12-11-,13-7-,17-6-. The minimum Gasteiger partial charge on any atom is -0.399 e. The Hall–Kier alpha value is -2.48. The molecule has 1 aromatic carbocycles. The molecule has 0 fully saturated rings. The average molecular weight is 266 g/mol. The maximum absolute atomic E-state index is 5.83. The number of nitrogens with one attached hydrogen (secondary N) is 1. The maximum atomic E-state index is 5.83. The monoisotopic (exact) mass is 266 g/mol. The number of aryl methyl sites for hydroxylation is 1. The summed E-state index contributed by atoms with van der Waals surface area (Å²) >= 11 is 0. The largest absolute Gasteiger partial charge is 0.399 e. The van der Waals surface area contributed by atoms with Crippen LogP contribution in [0.25, 0.3) is 6.08 Å². The third kappa shape index (κ3) is 4.32. The molecule has 0 atom stereocenters. The molecule has 0 heterocycles. The summed E-state index contributed by atoms with van der Waals surface area (Å²) in [6.45, 7) is 11.6. The van der Waals surface area contributed by atoms with Crippen LogP contribution in [-0.4, -0.2) is 0 Å². The van der Waals surface area contributed by atoms with Crippen LogP contribution in [-0.2, 0) is 0 Å². The van der Waals surface area contributed by atoms with E-state index < -0.39 is 0 Å². The highest BCUT2D eigenvalue weighted by Gasteiger charge is 2.01. The van der Waals surface area contributed by atoms with Gasteiger partial charge in [0.15, 0.2) is 0 Å². The molecule has 104 valence electrons. The Labute approximate surface area is 121 Å². The molecule has 0 bridgehead atoms. The van der Waals surface area contributed by atoms with E-state index in [0.29, 0.717) is 5.70 Å². The van der Waals surface area contributed by atoms with E-state index in [4.69, 9.17) is 5.73 Å². The Bertz CT molecular complexity index is 575. The number of benzene rings is 1. The van der Waals surface area contributed by atoms with Gasteiger partial charge in [-0.15, -0.1) is 0 Å². The summed E-state index contributed by atoms with van der Waals surface area (Å²) < 4.78 is 0. The molecule has 0 saturated carbocycles. The van der Waals surface area contributed by atoms with Crippen molar-refractivity contribution < 1.29 is 0 Å². The van der Waals surface area contributed by atoms with Crippen molar-refractivity contribution in [1.29, 1.82) is 0 Å². The summed E-state index contributed by atoms with van der Waals surface area (Å²) in [6.07, 6.45) is 11.2. The first kappa shape index (κ1) is 15.6. The second-order valence-corrected chi connectivity index (χ2v) is 4.38. The van der Waals surface area contributed by atoms with E-state index in [-0.39, 0.29) is 0 Å². The molecule has 0 unspecified atom stereocenters. The number of rotatable bonds is 6. The molecule has 1 aromatic rings. The van der Waals surface area contributed by atoms with Crippen LogP contribution in [0.4, 0.5) is 5.69 Å². The molecule has 0 aliphatic heterocycles. The number of nitrogens with two attached hydrogens (primary N) is 1. The number of hydrogen-bond donors (Lipinski definition) is 2. The Morgan fingerprint density at radius 2 is 2.10 bits per heavy atom. The first-order chi connectivity index (χ1) is 9.60. The molecule has 0 spiro atoms. The van der Waals surface area contributed by atoms with Crippen molar-refractivity contribution in [1.82, 2.24) is 0 Å². The number of anilines is 1. The van der Waals surface area contributed by atoms with Crippen LogP contribution in [0.5, 0.6) is 0 Å². The van der Waals surface area contributed by atoms with Gasteiger partial charge in [-0.2, -0.15) is 0 Å². The van der Waals surface area contributed by atoms with Gasteiger partial charge in [0.25, 0.3) is 0 Å². The van der Waals surface area contributed by atoms with Crippen LogP contribution < -0.4 is 11.1 Å². The Balaban J connectivity index is 3.04. The lowest BCUT2D eigenvalue weighted by Gasteiger charge is -2.09. The fourth-order valence-electron chi connectivity index (χ4n) is 1.70. The van der Waals surface area contributed by atoms with Gasteiger partial charge >= 0.3 is 0 Å². The van der Waals surface area contributed by atoms with E-state index in [1.165, 1.54) is 5.56 Å². The molecule has 0 saturated heterocycles. The van der Waals surface area contributed by atoms with E-state index in [1.807, 2.05) is 49.6 Å². The van der Waals surface area contributed by atoms with Crippen molar-refractivity contribution in [2.75, 3.05) is 5.32 Å². The molecule has 0 radical (unpaired) electrons. The van der Waals surface area contributed by atoms with Crippen molar-refractivity contribution in [3.8, 4) is 0 Å². The lowest BCUT2D eigenvalue weighted by molar-refractivity contribution is 1.34. The summed E-state index contributed by atoms with van der Waals surface area (Å²) in [7, 11) is 0. The van der Waals surface area contributed by atoms with E-state index in [9.17, 15) is 0 Å². The summed E-state index contributed by atoms with van der Waals surface area (Å²) in [5, 5.41) is 3.24. The Kier molecular flexibility index (Phi) is 6.11. The quantitative estimate of drug-likeness (QED) is 0.742. The summed E-state index contributed by atoms with van der Waals surface area (Å²) in [4.78, 5) is 0. The highest BCUT2D eigenvalue weighted by Crippen LogP contribution is 2.22. The Morgan fingerprint density at radius 1 is 1.35 bits per heavy atom. The van der Waals surface area contributed by atoms with Gasteiger partial charge in [0.2, 0.25) is 0 Å². The smallest absolute Gasteiger partial charge is 0.0456 e. The zero-order valence-corrected chi connectivity index (χ0v) is 12.2. The van der Waals surface area contributed by atoms with Gasteiger partial charge in [-0.3, -0.25) is 0 Å². The molecular formula is C18H22N2. The minimum absolute atomic E-state index is 0.691. The maximum Gasteiger partial charge on any atom is 0.0456 e. The highest BCUT2D eigenvalue weighted by molar-refractivity contribution is 5.71. The average Bonchev–Trinajstić information content (AvgIpc) is 2.45. The first-order valence-electron chi connectivity index (χ1n) is 6.53. The molecular weight excluding hydrogens is 244 g/mol. The lowest BCUT2D eigenvalue weighted by atomic mass is 10.0. The zero-order chi connectivity index (χ0) is 15.0. The van der Waals surface area contributed by atoms with Crippen molar-refractivity contribution in [3.63, 3.8) is 0 Å². The van der Waals surface area contributed by atoms with E-state index in [2.05, 4.69) is 31.5 Å². The minimum atomic E-state index is 0.691. The fraction of sp³-hybridized carbons (Fsp3) is 0.111. The third-order valence-corrected chi connectivity index (χ3v) is 2.93. The summed E-state index contributed by atoms with van der Waals surface area (Å²) in [5.41, 5.74) is 10.7. The van der Waals surface area contributed by atoms with Gasteiger partial charge in [-0.05, 0) is 37.1 Å². The van der Waals surface area contributed by atoms with Gasteiger partial charge in [0, 0.05) is 23.1 Å². The van der Waals surface area contributed by atoms with Gasteiger partial charge in [-0.1, -0.05) is 49.6 Å². The molecule has 0 aromatic heterocycles. The summed E-state index contributed by atoms with van der Waals surface area (Å²) in [6, 6.07) is 6.12. The third-order valence-electron chi connectivity index (χ3n) is 2.93. The van der Waals surface area contributed by atoms with Crippen molar-refractivity contribution in [2.45, 2.75) is 13.8 Å². The molecule has 0 aliphatic carbocycles. The SMILES string of the molecule is C=C/C=C\Nc1cccc(C)c1/C=C\C(=C)/C(N)=C/C. The van der Waals surface area contributed by atoms with Gasteiger partial charge in [0.1, 0.15) is 0 Å². The van der Waals surface area contributed by atoms with Gasteiger partial charge in [0.05, 0.1) is 0 Å². The van der Waals surface area contributed by atoms with E-state index in [0.717, 1.165) is 16.8 Å². The predicted octanol–water partition coefficient (Wildman–Crippen LogP) is 4.54. The Morgan fingerprint density at radius 3 is 2.75 bits per heavy atom. The van der Waals surface area contributed by atoms with Crippen molar-refractivity contribution in [3.05, 3.63) is 84.3 Å². The van der Waals surface area contributed by atoms with E-state index >= 15 is 0 Å². The lowest BCUT2D eigenvalue weighted by Crippen LogP contribution is -1.97. The molecule has 0 amide bonds. The molecule has 20 heavy (non-hydrogen) atoms. The molecule has 2 nitrogen and oxygen atoms in total. The van der Waals surface area contributed by atoms with Crippen LogP contribution in [0.3, 0.4) is 0 Å². The van der Waals surface area contributed by atoms with Gasteiger partial charge in [-0.25, -0.2) is 0 Å². The topological polar surface area (TPSA) is 38.0 Å². The molecule has 1 rings (SSSR count). The van der Waals surface area contributed by atoms with Crippen LogP contribution in [0.2, 0.25) is 0 Å². The fourth-order valence-corrected chi connectivity index (χ4v) is 1.70. The van der Waals surface area contributed by atoms with Crippen LogP contribution in [0.1, 0.15) is 18.1 Å². The van der Waals surface area contributed by atoms with Crippen molar-refractivity contribution >= 4 is 11.8 Å². The normalized spacial score (nSPS) is 12.0. The number of allylic oxidation sites excluding steroid dienone is 4. The summed E-state index contributed by atoms with van der Waals surface area (Å²) in [5.74, 6) is 0. The first-order valence-corrected chi connectivity index (χ1v) is 6.53. The van der Waals surface area contributed by atoms with Crippen LogP contribution in [0, 0.1) is 6.92 Å². The second kappa shape index (κ2) is 7.85. The van der Waals surface area contributed by atoms with Crippen molar-refractivity contribution in [2.24, 2.45) is 5.73 Å². The zero-order valence-electron chi connectivity index (χ0n) is 12.2. The highest BCUT2D eigenvalue weighted by atomic mass is 14.8. The predicted molar refractivity (Wildman–Crippen MR) is 90.3 cm³/mol. The van der Waals surface area contributed by atoms with E-state index in [1.54, 1.807) is 6.08 Å². The van der Waals surface area contributed by atoms with Crippen LogP contribution >= 0.6 is 0 Å². The molecule has 0 aliphatic rings. The van der Waals surface area contributed by atoms with Gasteiger partial charge < -0.3 is 11.1 Å². The van der Waals surface area contributed by atoms with Crippen LogP contribution in [0.15, 0.2) is 73.1 Å². The number of hydrogen-bond acceptors (Lipinski definition) is 2. The molecule has 3 N–H and O–H groups in total. The molecule has 2 heteroatoms.